The SMILES string of the molecule is [2H]c1nc(-c2c([2H])c([2H])c([2H])c([2H])c2[2H])nc([2H])c1C(C)(C)C. The number of rotatable bonds is 1. The second-order valence-electron chi connectivity index (χ2n) is 4.40. The highest BCUT2D eigenvalue weighted by atomic mass is 14.9. The number of nitrogens with zero attached hydrogens (tertiary/aromatic N) is 2. The monoisotopic (exact) mass is 219 g/mol. The van der Waals surface area contributed by atoms with E-state index in [4.69, 9.17) is 9.60 Å². The van der Waals surface area contributed by atoms with Crippen molar-refractivity contribution in [3.8, 4) is 11.4 Å². The highest BCUT2D eigenvalue weighted by Crippen LogP contribution is 2.21. The van der Waals surface area contributed by atoms with Crippen molar-refractivity contribution < 1.29 is 9.60 Å². The third kappa shape index (κ3) is 2.27. The van der Waals surface area contributed by atoms with Crippen molar-refractivity contribution in [1.29, 1.82) is 0 Å². The van der Waals surface area contributed by atoms with Gasteiger partial charge in [0, 0.05) is 17.9 Å². The predicted octanol–water partition coefficient (Wildman–Crippen LogP) is 3.44. The Bertz CT molecular complexity index is 745. The molecule has 0 bridgehead atoms. The number of hydrogen-bond acceptors (Lipinski definition) is 2. The molecule has 2 aromatic rings. The fourth-order valence-corrected chi connectivity index (χ4v) is 1.08. The molecule has 1 aromatic carbocycles. The fraction of sp³-hybridized carbons (Fsp3) is 0.286. The van der Waals surface area contributed by atoms with Gasteiger partial charge in [-0.05, 0) is 11.0 Å². The van der Waals surface area contributed by atoms with Gasteiger partial charge in [-0.1, -0.05) is 51.0 Å². The Labute approximate surface area is 106 Å². The minimum atomic E-state index is -0.507. The van der Waals surface area contributed by atoms with Gasteiger partial charge < -0.3 is 0 Å². The van der Waals surface area contributed by atoms with E-state index in [2.05, 4.69) is 9.97 Å². The molecule has 0 unspecified atom stereocenters. The quantitative estimate of drug-likeness (QED) is 0.734. The molecule has 2 heteroatoms. The van der Waals surface area contributed by atoms with E-state index in [1.54, 1.807) is 0 Å². The lowest BCUT2D eigenvalue weighted by Crippen LogP contribution is -2.12. The van der Waals surface area contributed by atoms with E-state index in [1.807, 2.05) is 20.8 Å². The summed E-state index contributed by atoms with van der Waals surface area (Å²) in [6.07, 6.45) is -0.362. The zero-order valence-electron chi connectivity index (χ0n) is 16.4. The zero-order valence-corrected chi connectivity index (χ0v) is 9.39. The summed E-state index contributed by atoms with van der Waals surface area (Å²) >= 11 is 0. The van der Waals surface area contributed by atoms with Crippen molar-refractivity contribution in [3.63, 3.8) is 0 Å². The van der Waals surface area contributed by atoms with Crippen molar-refractivity contribution in [3.05, 3.63) is 48.1 Å². The van der Waals surface area contributed by atoms with Crippen LogP contribution >= 0.6 is 0 Å². The lowest BCUT2D eigenvalue weighted by atomic mass is 9.89. The van der Waals surface area contributed by atoms with Crippen molar-refractivity contribution in [2.75, 3.05) is 0 Å². The molecule has 0 aliphatic rings. The molecule has 1 heterocycles. The third-order valence-corrected chi connectivity index (χ3v) is 2.02. The summed E-state index contributed by atoms with van der Waals surface area (Å²) < 4.78 is 54.8. The van der Waals surface area contributed by atoms with Gasteiger partial charge in [-0.2, -0.15) is 0 Å². The van der Waals surface area contributed by atoms with Gasteiger partial charge in [0.2, 0.25) is 0 Å². The average molecular weight is 219 g/mol. The van der Waals surface area contributed by atoms with Crippen LogP contribution in [0.15, 0.2) is 42.6 Å². The van der Waals surface area contributed by atoms with E-state index in [-0.39, 0.29) is 23.7 Å². The molecule has 1 aromatic heterocycles. The Kier molecular flexibility index (Phi) is 1.29. The molecule has 82 valence electrons. The molecule has 0 radical (unpaired) electrons. The van der Waals surface area contributed by atoms with Crippen LogP contribution in [0.25, 0.3) is 11.4 Å². The first-order chi connectivity index (χ1) is 10.5. The number of aromatic nitrogens is 2. The van der Waals surface area contributed by atoms with Crippen molar-refractivity contribution in [2.24, 2.45) is 0 Å². The molecule has 16 heavy (non-hydrogen) atoms. The summed E-state index contributed by atoms with van der Waals surface area (Å²) in [6, 6.07) is -2.39. The summed E-state index contributed by atoms with van der Waals surface area (Å²) in [6.45, 7) is 5.48. The number of benzene rings is 1. The Balaban J connectivity index is 2.80. The maximum Gasteiger partial charge on any atom is 0.159 e. The molecule has 0 saturated carbocycles. The summed E-state index contributed by atoms with van der Waals surface area (Å²) in [5.41, 5.74) is -0.362. The van der Waals surface area contributed by atoms with Gasteiger partial charge >= 0.3 is 0 Å². The maximum atomic E-state index is 8.02. The molecular weight excluding hydrogens is 196 g/mol. The van der Waals surface area contributed by atoms with Gasteiger partial charge in [-0.15, -0.1) is 0 Å². The molecule has 0 spiro atoms. The van der Waals surface area contributed by atoms with Crippen LogP contribution in [0.1, 0.15) is 35.9 Å². The largest absolute Gasteiger partial charge is 0.236 e. The van der Waals surface area contributed by atoms with Crippen LogP contribution in [-0.2, 0) is 5.41 Å². The van der Waals surface area contributed by atoms with Crippen LogP contribution in [0.5, 0.6) is 0 Å². The first-order valence-electron chi connectivity index (χ1n) is 8.39. The highest BCUT2D eigenvalue weighted by molar-refractivity contribution is 5.54. The van der Waals surface area contributed by atoms with Crippen LogP contribution in [0.2, 0.25) is 0 Å². The second-order valence-corrected chi connectivity index (χ2v) is 4.40. The lowest BCUT2D eigenvalue weighted by Gasteiger charge is -2.17. The van der Waals surface area contributed by atoms with E-state index >= 15 is 0 Å². The van der Waals surface area contributed by atoms with Crippen molar-refractivity contribution >= 4 is 0 Å². The molecule has 0 fully saturated rings. The van der Waals surface area contributed by atoms with E-state index < -0.39 is 35.6 Å². The Morgan fingerprint density at radius 1 is 1.00 bits per heavy atom. The van der Waals surface area contributed by atoms with E-state index in [1.165, 1.54) is 0 Å². The predicted molar refractivity (Wildman–Crippen MR) is 66.2 cm³/mol. The molecule has 2 rings (SSSR count). The summed E-state index contributed by atoms with van der Waals surface area (Å²) in [5, 5.41) is 0. The van der Waals surface area contributed by atoms with E-state index in [9.17, 15) is 0 Å². The van der Waals surface area contributed by atoms with Gasteiger partial charge in [0.25, 0.3) is 0 Å². The average Bonchev–Trinajstić information content (AvgIpc) is 2.41. The Morgan fingerprint density at radius 3 is 2.06 bits per heavy atom. The molecular formula is C14H16N2. The molecule has 0 saturated heterocycles. The van der Waals surface area contributed by atoms with Crippen LogP contribution in [0, 0.1) is 0 Å². The summed E-state index contributed by atoms with van der Waals surface area (Å²) in [4.78, 5) is 7.94. The van der Waals surface area contributed by atoms with Crippen LogP contribution in [0.4, 0.5) is 0 Å². The topological polar surface area (TPSA) is 25.8 Å². The van der Waals surface area contributed by atoms with Gasteiger partial charge in [0.15, 0.2) is 5.82 Å². The van der Waals surface area contributed by atoms with Crippen molar-refractivity contribution in [2.45, 2.75) is 26.2 Å². The first kappa shape index (κ1) is 5.09. The van der Waals surface area contributed by atoms with Crippen LogP contribution in [-0.4, -0.2) is 9.97 Å². The van der Waals surface area contributed by atoms with Crippen LogP contribution < -0.4 is 0 Å². The van der Waals surface area contributed by atoms with E-state index in [0.29, 0.717) is 5.56 Å². The fourth-order valence-electron chi connectivity index (χ4n) is 1.08. The molecule has 0 aliphatic heterocycles. The summed E-state index contributed by atoms with van der Waals surface area (Å²) in [5.74, 6) is -0.204. The van der Waals surface area contributed by atoms with Crippen molar-refractivity contribution in [1.82, 2.24) is 9.97 Å². The van der Waals surface area contributed by atoms with Gasteiger partial charge in [0.1, 0.15) is 0 Å². The Hall–Kier alpha value is -1.70. The van der Waals surface area contributed by atoms with Gasteiger partial charge in [-0.3, -0.25) is 0 Å². The molecule has 0 atom stereocenters. The molecule has 0 aliphatic carbocycles. The highest BCUT2D eigenvalue weighted by Gasteiger charge is 2.14. The van der Waals surface area contributed by atoms with E-state index in [0.717, 1.165) is 0 Å². The second kappa shape index (κ2) is 4.05. The number of hydrogen-bond donors (Lipinski definition) is 0. The standard InChI is InChI=1S/C14H16N2/c1-14(2,3)12-9-15-13(16-10-12)11-7-5-4-6-8-11/h4-10H,1-3H3/i4D,5D,6D,7D,8D,9D,10D. The normalized spacial score (nSPS) is 17.6. The molecule has 0 amide bonds. The van der Waals surface area contributed by atoms with Gasteiger partial charge in [-0.25, -0.2) is 9.97 Å². The minimum absolute atomic E-state index is 0.181. The molecule has 2 nitrogen and oxygen atoms in total. The van der Waals surface area contributed by atoms with Gasteiger partial charge in [0.05, 0.1) is 9.60 Å². The lowest BCUT2D eigenvalue weighted by molar-refractivity contribution is 0.584. The summed E-state index contributed by atoms with van der Waals surface area (Å²) in [7, 11) is 0. The maximum absolute atomic E-state index is 8.02. The zero-order chi connectivity index (χ0) is 17.7. The smallest absolute Gasteiger partial charge is 0.159 e. The Morgan fingerprint density at radius 2 is 1.56 bits per heavy atom. The third-order valence-electron chi connectivity index (χ3n) is 2.02. The van der Waals surface area contributed by atoms with Crippen LogP contribution in [0.3, 0.4) is 0 Å². The first-order valence-corrected chi connectivity index (χ1v) is 4.89. The molecule has 0 N–H and O–H groups in total. The minimum Gasteiger partial charge on any atom is -0.236 e.